The summed E-state index contributed by atoms with van der Waals surface area (Å²) >= 11 is 0.689. The number of aryl methyl sites for hydroxylation is 1. The Hall–Kier alpha value is -2.21. The first-order valence-electron chi connectivity index (χ1n) is 10.2. The van der Waals surface area contributed by atoms with E-state index in [1.54, 1.807) is 30.0 Å². The molecule has 0 bridgehead atoms. The van der Waals surface area contributed by atoms with Gasteiger partial charge in [-0.25, -0.2) is 8.42 Å². The first-order chi connectivity index (χ1) is 14.9. The Balaban J connectivity index is 1.41. The summed E-state index contributed by atoms with van der Waals surface area (Å²) in [7, 11) is -3.77. The van der Waals surface area contributed by atoms with Crippen LogP contribution in [0.4, 0.5) is 0 Å². The van der Waals surface area contributed by atoms with Crippen LogP contribution in [0.25, 0.3) is 0 Å². The van der Waals surface area contributed by atoms with Gasteiger partial charge in [0.15, 0.2) is 4.21 Å². The fourth-order valence-corrected chi connectivity index (χ4v) is 6.64. The second kappa shape index (κ2) is 9.11. The molecule has 0 saturated carbocycles. The van der Waals surface area contributed by atoms with Crippen LogP contribution in [0, 0.1) is 6.92 Å². The van der Waals surface area contributed by atoms with Crippen LogP contribution in [0.5, 0.6) is 5.75 Å². The number of H-pyrrole nitrogens is 1. The van der Waals surface area contributed by atoms with E-state index >= 15 is 0 Å². The number of para-hydroxylation sites is 1. The zero-order valence-electron chi connectivity index (χ0n) is 17.2. The van der Waals surface area contributed by atoms with Crippen molar-refractivity contribution < 1.29 is 22.7 Å². The van der Waals surface area contributed by atoms with Gasteiger partial charge in [0, 0.05) is 38.5 Å². The number of thiazole rings is 1. The molecule has 4 rings (SSSR count). The van der Waals surface area contributed by atoms with Gasteiger partial charge < -0.3 is 19.4 Å². The Bertz CT molecular complexity index is 1100. The predicted octanol–water partition coefficient (Wildman–Crippen LogP) is 1.45. The van der Waals surface area contributed by atoms with Crippen LogP contribution in [0.2, 0.25) is 0 Å². The summed E-state index contributed by atoms with van der Waals surface area (Å²) in [5.74, 6) is 0.313. The maximum absolute atomic E-state index is 13.1. The van der Waals surface area contributed by atoms with Crippen molar-refractivity contribution in [3.63, 3.8) is 0 Å². The highest BCUT2D eigenvalue weighted by Gasteiger charge is 2.33. The van der Waals surface area contributed by atoms with Crippen LogP contribution >= 0.6 is 11.3 Å². The van der Waals surface area contributed by atoms with Gasteiger partial charge in [-0.1, -0.05) is 23.5 Å². The lowest BCUT2D eigenvalue weighted by Crippen LogP contribution is -2.50. The highest BCUT2D eigenvalue weighted by molar-refractivity contribution is 7.91. The van der Waals surface area contributed by atoms with E-state index in [4.69, 9.17) is 9.47 Å². The molecule has 0 spiro atoms. The van der Waals surface area contributed by atoms with E-state index in [0.717, 1.165) is 19.4 Å². The van der Waals surface area contributed by atoms with Crippen LogP contribution < -0.4 is 9.61 Å². The standard InChI is InChI=1S/C20H25N3O6S2/c1-14-19(30-20(25)21-14)31(26,27)23-10-8-22(9-11-23)18(24)16-6-2-3-7-17(16)29-13-15-5-4-12-28-15/h2-3,6-7,15H,4-5,8-13H2,1H3,(H,21,25). The van der Waals surface area contributed by atoms with Gasteiger partial charge in [0.1, 0.15) is 12.4 Å². The number of benzene rings is 1. The number of hydrogen-bond acceptors (Lipinski definition) is 7. The molecule has 2 aromatic rings. The topological polar surface area (TPSA) is 109 Å². The molecule has 9 nitrogen and oxygen atoms in total. The maximum atomic E-state index is 13.1. The van der Waals surface area contributed by atoms with Gasteiger partial charge in [-0.15, -0.1) is 0 Å². The summed E-state index contributed by atoms with van der Waals surface area (Å²) in [6.45, 7) is 3.55. The third-order valence-electron chi connectivity index (χ3n) is 5.45. The van der Waals surface area contributed by atoms with E-state index in [2.05, 4.69) is 4.98 Å². The Kier molecular flexibility index (Phi) is 6.47. The smallest absolute Gasteiger partial charge is 0.305 e. The van der Waals surface area contributed by atoms with E-state index in [-0.39, 0.29) is 42.4 Å². The number of amides is 1. The molecule has 2 aliphatic heterocycles. The number of hydrogen-bond donors (Lipinski definition) is 1. The first kappa shape index (κ1) is 22.0. The van der Waals surface area contributed by atoms with E-state index < -0.39 is 14.9 Å². The molecule has 1 atom stereocenters. The molecule has 3 heterocycles. The summed E-state index contributed by atoms with van der Waals surface area (Å²) in [6.07, 6.45) is 2.01. The second-order valence-electron chi connectivity index (χ2n) is 7.57. The van der Waals surface area contributed by atoms with Crippen molar-refractivity contribution in [1.82, 2.24) is 14.2 Å². The molecule has 11 heteroatoms. The fraction of sp³-hybridized carbons (Fsp3) is 0.500. The molecule has 0 aliphatic carbocycles. The highest BCUT2D eigenvalue weighted by Crippen LogP contribution is 2.25. The van der Waals surface area contributed by atoms with Gasteiger partial charge >= 0.3 is 4.87 Å². The molecule has 1 aromatic carbocycles. The van der Waals surface area contributed by atoms with E-state index in [9.17, 15) is 18.0 Å². The first-order valence-corrected chi connectivity index (χ1v) is 12.4. The van der Waals surface area contributed by atoms with Gasteiger partial charge in [0.2, 0.25) is 0 Å². The number of rotatable bonds is 6. The molecule has 1 amide bonds. The second-order valence-corrected chi connectivity index (χ2v) is 10.7. The van der Waals surface area contributed by atoms with Crippen molar-refractivity contribution in [3.05, 3.63) is 45.2 Å². The van der Waals surface area contributed by atoms with Crippen molar-refractivity contribution in [3.8, 4) is 5.75 Å². The molecule has 2 aliphatic rings. The average Bonchev–Trinajstić information content (AvgIpc) is 3.41. The van der Waals surface area contributed by atoms with Crippen molar-refractivity contribution in [2.75, 3.05) is 39.4 Å². The molecule has 1 N–H and O–H groups in total. The normalized spacial score (nSPS) is 20.2. The molecule has 2 fully saturated rings. The van der Waals surface area contributed by atoms with Crippen molar-refractivity contribution >= 4 is 27.3 Å². The Labute approximate surface area is 184 Å². The number of sulfonamides is 1. The zero-order chi connectivity index (χ0) is 22.0. The number of ether oxygens (including phenoxy) is 2. The van der Waals surface area contributed by atoms with Crippen LogP contribution in [0.3, 0.4) is 0 Å². The number of nitrogens with zero attached hydrogens (tertiary/aromatic N) is 2. The summed E-state index contributed by atoms with van der Waals surface area (Å²) in [5.41, 5.74) is 0.794. The molecule has 31 heavy (non-hydrogen) atoms. The van der Waals surface area contributed by atoms with Gasteiger partial charge in [0.25, 0.3) is 15.9 Å². The number of aromatic amines is 1. The van der Waals surface area contributed by atoms with Crippen molar-refractivity contribution in [2.45, 2.75) is 30.1 Å². The van der Waals surface area contributed by atoms with Gasteiger partial charge in [-0.05, 0) is 31.9 Å². The van der Waals surface area contributed by atoms with Gasteiger partial charge in [-0.2, -0.15) is 4.31 Å². The number of carbonyl (C=O) groups is 1. The zero-order valence-corrected chi connectivity index (χ0v) is 18.8. The Morgan fingerprint density at radius 3 is 2.65 bits per heavy atom. The third-order valence-corrected chi connectivity index (χ3v) is 8.93. The van der Waals surface area contributed by atoms with Gasteiger partial charge in [0.05, 0.1) is 11.7 Å². The fourth-order valence-electron chi connectivity index (χ4n) is 3.78. The molecule has 2 saturated heterocycles. The van der Waals surface area contributed by atoms with E-state index in [0.29, 0.717) is 35.0 Å². The largest absolute Gasteiger partial charge is 0.490 e. The minimum absolute atomic E-state index is 0.0325. The quantitative estimate of drug-likeness (QED) is 0.689. The number of aromatic nitrogens is 1. The lowest BCUT2D eigenvalue weighted by atomic mass is 10.1. The minimum atomic E-state index is -3.77. The average molecular weight is 468 g/mol. The lowest BCUT2D eigenvalue weighted by Gasteiger charge is -2.34. The van der Waals surface area contributed by atoms with Crippen LogP contribution in [0.15, 0.2) is 33.3 Å². The molecule has 1 unspecified atom stereocenters. The summed E-state index contributed by atoms with van der Waals surface area (Å²) in [4.78, 5) is 28.4. The third kappa shape index (κ3) is 4.69. The maximum Gasteiger partial charge on any atom is 0.305 e. The van der Waals surface area contributed by atoms with Crippen LogP contribution in [0.1, 0.15) is 28.9 Å². The number of carbonyl (C=O) groups excluding carboxylic acids is 1. The Morgan fingerprint density at radius 2 is 2.00 bits per heavy atom. The number of piperazine rings is 1. The molecular weight excluding hydrogens is 442 g/mol. The summed E-state index contributed by atoms with van der Waals surface area (Å²) in [6, 6.07) is 7.08. The van der Waals surface area contributed by atoms with E-state index in [1.165, 1.54) is 4.31 Å². The van der Waals surface area contributed by atoms with Crippen LogP contribution in [-0.4, -0.2) is 74.0 Å². The van der Waals surface area contributed by atoms with Gasteiger partial charge in [-0.3, -0.25) is 9.59 Å². The monoisotopic (exact) mass is 467 g/mol. The SMILES string of the molecule is Cc1[nH]c(=O)sc1S(=O)(=O)N1CCN(C(=O)c2ccccc2OCC2CCCO2)CC1. The summed E-state index contributed by atoms with van der Waals surface area (Å²) in [5, 5.41) is 0. The predicted molar refractivity (Wildman–Crippen MR) is 115 cm³/mol. The summed E-state index contributed by atoms with van der Waals surface area (Å²) < 4.78 is 38.6. The molecule has 1 aromatic heterocycles. The molecule has 0 radical (unpaired) electrons. The lowest BCUT2D eigenvalue weighted by molar-refractivity contribution is 0.0632. The van der Waals surface area contributed by atoms with E-state index in [1.807, 2.05) is 6.07 Å². The van der Waals surface area contributed by atoms with Crippen molar-refractivity contribution in [2.24, 2.45) is 0 Å². The van der Waals surface area contributed by atoms with Crippen LogP contribution in [-0.2, 0) is 14.8 Å². The minimum Gasteiger partial charge on any atom is -0.490 e. The highest BCUT2D eigenvalue weighted by atomic mass is 32.2. The molecular formula is C20H25N3O6S2. The van der Waals surface area contributed by atoms with Crippen molar-refractivity contribution in [1.29, 1.82) is 0 Å². The Morgan fingerprint density at radius 1 is 1.26 bits per heavy atom. The number of nitrogens with one attached hydrogen (secondary N) is 1. The molecule has 168 valence electrons.